The molecule has 144 valence electrons. The maximum atomic E-state index is 13.8. The fraction of sp³-hybridized carbons (Fsp3) is 0.250. The Bertz CT molecular complexity index is 1020. The van der Waals surface area contributed by atoms with E-state index in [0.29, 0.717) is 22.8 Å². The van der Waals surface area contributed by atoms with E-state index in [0.717, 1.165) is 4.88 Å². The van der Waals surface area contributed by atoms with Crippen LogP contribution in [0.2, 0.25) is 0 Å². The minimum absolute atomic E-state index is 0.0978. The molecular formula is C20H18FN3O3S. The lowest BCUT2D eigenvalue weighted by Crippen LogP contribution is -2.32. The maximum Gasteiger partial charge on any atom is 0.236 e. The number of aryl methyl sites for hydroxylation is 1. The number of oxazole rings is 1. The Hall–Kier alpha value is -3.00. The van der Waals surface area contributed by atoms with Gasteiger partial charge in [0.15, 0.2) is 0 Å². The van der Waals surface area contributed by atoms with Crippen molar-refractivity contribution in [1.82, 2.24) is 10.3 Å². The molecule has 0 aliphatic carbocycles. The second-order valence-corrected chi connectivity index (χ2v) is 7.63. The Labute approximate surface area is 165 Å². The molecule has 1 aliphatic heterocycles. The van der Waals surface area contributed by atoms with Crippen LogP contribution in [0.15, 0.2) is 46.4 Å². The van der Waals surface area contributed by atoms with E-state index in [4.69, 9.17) is 4.42 Å². The Balaban J connectivity index is 1.36. The number of rotatable bonds is 5. The highest BCUT2D eigenvalue weighted by molar-refractivity contribution is 7.13. The molecule has 1 unspecified atom stereocenters. The van der Waals surface area contributed by atoms with Crippen molar-refractivity contribution < 1.29 is 18.4 Å². The SMILES string of the molecule is Cc1ccc(N2CC(C(=O)NCc3coc(-c4cccs4)n3)CC2=O)cc1F. The highest BCUT2D eigenvalue weighted by Gasteiger charge is 2.35. The molecule has 3 aromatic rings. The van der Waals surface area contributed by atoms with E-state index in [1.165, 1.54) is 28.6 Å². The van der Waals surface area contributed by atoms with Crippen molar-refractivity contribution in [2.75, 3.05) is 11.4 Å². The minimum atomic E-state index is -0.486. The van der Waals surface area contributed by atoms with E-state index in [2.05, 4.69) is 10.3 Å². The second-order valence-electron chi connectivity index (χ2n) is 6.68. The summed E-state index contributed by atoms with van der Waals surface area (Å²) in [4.78, 5) is 31.5. The van der Waals surface area contributed by atoms with Crippen LogP contribution in [0.4, 0.5) is 10.1 Å². The van der Waals surface area contributed by atoms with Crippen molar-refractivity contribution in [3.8, 4) is 10.8 Å². The van der Waals surface area contributed by atoms with Crippen LogP contribution < -0.4 is 10.2 Å². The lowest BCUT2D eigenvalue weighted by Gasteiger charge is -2.17. The standard InChI is InChI=1S/C20H18FN3O3S/c1-12-4-5-15(8-16(12)21)24-10-13(7-18(24)25)19(26)22-9-14-11-27-20(23-14)17-3-2-6-28-17/h2-6,8,11,13H,7,9-10H2,1H3,(H,22,26). The molecule has 8 heteroatoms. The first-order chi connectivity index (χ1) is 13.5. The smallest absolute Gasteiger partial charge is 0.236 e. The van der Waals surface area contributed by atoms with Gasteiger partial charge in [-0.2, -0.15) is 0 Å². The van der Waals surface area contributed by atoms with Crippen molar-refractivity contribution in [3.63, 3.8) is 0 Å². The van der Waals surface area contributed by atoms with Crippen molar-refractivity contribution in [2.24, 2.45) is 5.92 Å². The predicted molar refractivity (Wildman–Crippen MR) is 103 cm³/mol. The third-order valence-corrected chi connectivity index (χ3v) is 5.55. The fourth-order valence-corrected chi connectivity index (χ4v) is 3.76. The van der Waals surface area contributed by atoms with E-state index in [1.54, 1.807) is 19.1 Å². The maximum absolute atomic E-state index is 13.8. The molecule has 2 aromatic heterocycles. The molecule has 28 heavy (non-hydrogen) atoms. The van der Waals surface area contributed by atoms with Gasteiger partial charge in [-0.25, -0.2) is 9.37 Å². The number of amides is 2. The van der Waals surface area contributed by atoms with E-state index < -0.39 is 5.92 Å². The van der Waals surface area contributed by atoms with Gasteiger partial charge < -0.3 is 14.6 Å². The van der Waals surface area contributed by atoms with Crippen LogP contribution in [0.3, 0.4) is 0 Å². The monoisotopic (exact) mass is 399 g/mol. The molecule has 1 aromatic carbocycles. The summed E-state index contributed by atoms with van der Waals surface area (Å²) in [7, 11) is 0. The molecule has 3 heterocycles. The van der Waals surface area contributed by atoms with Crippen LogP contribution in [-0.4, -0.2) is 23.3 Å². The van der Waals surface area contributed by atoms with Gasteiger partial charge in [-0.1, -0.05) is 12.1 Å². The number of nitrogens with zero attached hydrogens (tertiary/aromatic N) is 2. The highest BCUT2D eigenvalue weighted by atomic mass is 32.1. The summed E-state index contributed by atoms with van der Waals surface area (Å²) in [6, 6.07) is 8.47. The molecule has 0 radical (unpaired) electrons. The van der Waals surface area contributed by atoms with E-state index >= 15 is 0 Å². The quantitative estimate of drug-likeness (QED) is 0.712. The summed E-state index contributed by atoms with van der Waals surface area (Å²) < 4.78 is 19.2. The van der Waals surface area contributed by atoms with Gasteiger partial charge in [0.05, 0.1) is 23.0 Å². The summed E-state index contributed by atoms with van der Waals surface area (Å²) in [5, 5.41) is 4.74. The zero-order chi connectivity index (χ0) is 19.7. The third kappa shape index (κ3) is 3.68. The summed E-state index contributed by atoms with van der Waals surface area (Å²) in [6.45, 7) is 2.11. The first kappa shape index (κ1) is 18.4. The first-order valence-corrected chi connectivity index (χ1v) is 9.72. The Morgan fingerprint density at radius 3 is 3.04 bits per heavy atom. The summed E-state index contributed by atoms with van der Waals surface area (Å²) in [6.07, 6.45) is 1.61. The average Bonchev–Trinajstić information content (AvgIpc) is 3.42. The molecule has 1 fully saturated rings. The van der Waals surface area contributed by atoms with Gasteiger partial charge in [0, 0.05) is 18.7 Å². The molecule has 1 saturated heterocycles. The van der Waals surface area contributed by atoms with Gasteiger partial charge >= 0.3 is 0 Å². The fourth-order valence-electron chi connectivity index (χ4n) is 3.11. The number of halogens is 1. The molecular weight excluding hydrogens is 381 g/mol. The largest absolute Gasteiger partial charge is 0.443 e. The van der Waals surface area contributed by atoms with E-state index in [1.807, 2.05) is 17.5 Å². The highest BCUT2D eigenvalue weighted by Crippen LogP contribution is 2.27. The van der Waals surface area contributed by atoms with Crippen LogP contribution >= 0.6 is 11.3 Å². The van der Waals surface area contributed by atoms with Crippen LogP contribution in [-0.2, 0) is 16.1 Å². The number of nitrogens with one attached hydrogen (secondary N) is 1. The van der Waals surface area contributed by atoms with Gasteiger partial charge in [0.2, 0.25) is 17.7 Å². The van der Waals surface area contributed by atoms with E-state index in [9.17, 15) is 14.0 Å². The number of aromatic nitrogens is 1. The molecule has 2 amide bonds. The molecule has 1 N–H and O–H groups in total. The topological polar surface area (TPSA) is 75.4 Å². The van der Waals surface area contributed by atoms with Crippen LogP contribution in [0.1, 0.15) is 17.7 Å². The molecule has 6 nitrogen and oxygen atoms in total. The third-order valence-electron chi connectivity index (χ3n) is 4.69. The Kier molecular flexibility index (Phi) is 4.95. The second kappa shape index (κ2) is 7.55. The number of carbonyl (C=O) groups is 2. The summed E-state index contributed by atoms with van der Waals surface area (Å²) in [5.41, 5.74) is 1.60. The summed E-state index contributed by atoms with van der Waals surface area (Å²) >= 11 is 1.52. The van der Waals surface area contributed by atoms with Gasteiger partial charge in [-0.3, -0.25) is 9.59 Å². The van der Waals surface area contributed by atoms with Gasteiger partial charge in [0.1, 0.15) is 12.1 Å². The van der Waals surface area contributed by atoms with Crippen molar-refractivity contribution in [1.29, 1.82) is 0 Å². The number of hydrogen-bond donors (Lipinski definition) is 1. The molecule has 0 bridgehead atoms. The lowest BCUT2D eigenvalue weighted by atomic mass is 10.1. The Morgan fingerprint density at radius 1 is 1.43 bits per heavy atom. The van der Waals surface area contributed by atoms with Gasteiger partial charge in [0.25, 0.3) is 0 Å². The number of hydrogen-bond acceptors (Lipinski definition) is 5. The van der Waals surface area contributed by atoms with Gasteiger partial charge in [-0.05, 0) is 36.1 Å². The zero-order valence-electron chi connectivity index (χ0n) is 15.1. The predicted octanol–water partition coefficient (Wildman–Crippen LogP) is 3.52. The average molecular weight is 399 g/mol. The van der Waals surface area contributed by atoms with Crippen molar-refractivity contribution in [2.45, 2.75) is 19.9 Å². The molecule has 0 spiro atoms. The lowest BCUT2D eigenvalue weighted by molar-refractivity contribution is -0.126. The zero-order valence-corrected chi connectivity index (χ0v) is 16.0. The first-order valence-electron chi connectivity index (χ1n) is 8.84. The van der Waals surface area contributed by atoms with E-state index in [-0.39, 0.29) is 37.1 Å². The Morgan fingerprint density at radius 2 is 2.29 bits per heavy atom. The number of anilines is 1. The van der Waals surface area contributed by atoms with Crippen molar-refractivity contribution in [3.05, 3.63) is 59.0 Å². The molecule has 0 saturated carbocycles. The van der Waals surface area contributed by atoms with Crippen LogP contribution in [0.25, 0.3) is 10.8 Å². The number of thiophene rings is 1. The summed E-state index contributed by atoms with van der Waals surface area (Å²) in [5.74, 6) is -0.761. The molecule has 1 atom stereocenters. The normalized spacial score (nSPS) is 16.6. The van der Waals surface area contributed by atoms with Crippen LogP contribution in [0.5, 0.6) is 0 Å². The number of benzene rings is 1. The number of carbonyl (C=O) groups excluding carboxylic acids is 2. The molecule has 4 rings (SSSR count). The molecule has 1 aliphatic rings. The minimum Gasteiger partial charge on any atom is -0.443 e. The van der Waals surface area contributed by atoms with Crippen LogP contribution in [0, 0.1) is 18.7 Å². The van der Waals surface area contributed by atoms with Crippen molar-refractivity contribution >= 4 is 28.8 Å². The van der Waals surface area contributed by atoms with Gasteiger partial charge in [-0.15, -0.1) is 11.3 Å².